The van der Waals surface area contributed by atoms with Gasteiger partial charge in [-0.15, -0.1) is 0 Å². The van der Waals surface area contributed by atoms with Crippen molar-refractivity contribution in [1.82, 2.24) is 5.32 Å². The molecule has 4 nitrogen and oxygen atoms in total. The molecule has 0 aliphatic heterocycles. The standard InChI is InChI=1S/C10H13F5N2O2/c1-9(2,3)17-6(10(13,14)15)4(8(18)19)5(16)7(11)12/h7,16-17H,1-3H3,(H,18,19)/b6-4+,16-5?. The first-order valence-electron chi connectivity index (χ1n) is 4.97. The second-order valence-electron chi connectivity index (χ2n) is 4.64. The summed E-state index contributed by atoms with van der Waals surface area (Å²) in [7, 11) is 0. The van der Waals surface area contributed by atoms with E-state index >= 15 is 0 Å². The van der Waals surface area contributed by atoms with E-state index < -0.39 is 41.1 Å². The lowest BCUT2D eigenvalue weighted by Crippen LogP contribution is -2.43. The van der Waals surface area contributed by atoms with E-state index in [4.69, 9.17) is 10.5 Å². The molecule has 0 radical (unpaired) electrons. The van der Waals surface area contributed by atoms with Crippen LogP contribution in [0.3, 0.4) is 0 Å². The van der Waals surface area contributed by atoms with E-state index in [-0.39, 0.29) is 0 Å². The molecule has 9 heteroatoms. The first kappa shape index (κ1) is 17.3. The number of rotatable bonds is 4. The van der Waals surface area contributed by atoms with E-state index in [9.17, 15) is 26.7 Å². The third-order valence-corrected chi connectivity index (χ3v) is 1.73. The Morgan fingerprint density at radius 1 is 1.21 bits per heavy atom. The molecule has 0 fully saturated rings. The van der Waals surface area contributed by atoms with E-state index in [1.54, 1.807) is 0 Å². The minimum Gasteiger partial charge on any atom is -0.478 e. The van der Waals surface area contributed by atoms with Gasteiger partial charge in [0, 0.05) is 5.54 Å². The van der Waals surface area contributed by atoms with Gasteiger partial charge in [-0.05, 0) is 20.8 Å². The molecule has 0 unspecified atom stereocenters. The number of carboxylic acids is 1. The Morgan fingerprint density at radius 2 is 1.63 bits per heavy atom. The summed E-state index contributed by atoms with van der Waals surface area (Å²) >= 11 is 0. The average molecular weight is 288 g/mol. The number of alkyl halides is 5. The van der Waals surface area contributed by atoms with Crippen LogP contribution in [0.5, 0.6) is 0 Å². The first-order valence-corrected chi connectivity index (χ1v) is 4.97. The highest BCUT2D eigenvalue weighted by Crippen LogP contribution is 2.29. The normalized spacial score (nSPS) is 14.2. The molecule has 0 aliphatic rings. The largest absolute Gasteiger partial charge is 0.478 e. The summed E-state index contributed by atoms with van der Waals surface area (Å²) in [6.07, 6.45) is -8.81. The molecule has 0 amide bonds. The number of nitrogens with one attached hydrogen (secondary N) is 2. The van der Waals surface area contributed by atoms with E-state index in [0.29, 0.717) is 0 Å². The van der Waals surface area contributed by atoms with Crippen molar-refractivity contribution in [3.8, 4) is 0 Å². The van der Waals surface area contributed by atoms with Crippen LogP contribution in [0.25, 0.3) is 0 Å². The third-order valence-electron chi connectivity index (χ3n) is 1.73. The summed E-state index contributed by atoms with van der Waals surface area (Å²) in [6.45, 7) is 3.89. The predicted octanol–water partition coefficient (Wildman–Crippen LogP) is 2.56. The number of allylic oxidation sites excluding steroid dienone is 1. The van der Waals surface area contributed by atoms with Crippen LogP contribution in [-0.4, -0.2) is 34.9 Å². The summed E-state index contributed by atoms with van der Waals surface area (Å²) < 4.78 is 62.9. The van der Waals surface area contributed by atoms with Gasteiger partial charge in [0.05, 0.1) is 0 Å². The van der Waals surface area contributed by atoms with Crippen LogP contribution in [-0.2, 0) is 4.79 Å². The fraction of sp³-hybridized carbons (Fsp3) is 0.600. The van der Waals surface area contributed by atoms with Crippen molar-refractivity contribution in [2.24, 2.45) is 0 Å². The molecule has 19 heavy (non-hydrogen) atoms. The zero-order valence-corrected chi connectivity index (χ0v) is 10.3. The Balaban J connectivity index is 6.03. The molecule has 0 heterocycles. The number of aliphatic carboxylic acids is 1. The molecule has 0 aromatic rings. The zero-order valence-electron chi connectivity index (χ0n) is 10.3. The molecule has 0 saturated carbocycles. The summed E-state index contributed by atoms with van der Waals surface area (Å²) in [5, 5.41) is 17.3. The minimum atomic E-state index is -5.19. The molecular formula is C10H13F5N2O2. The molecule has 0 atom stereocenters. The molecule has 0 saturated heterocycles. The second-order valence-corrected chi connectivity index (χ2v) is 4.64. The summed E-state index contributed by atoms with van der Waals surface area (Å²) in [5.41, 5.74) is -6.75. The molecule has 0 aromatic carbocycles. The summed E-state index contributed by atoms with van der Waals surface area (Å²) in [6, 6.07) is 0. The van der Waals surface area contributed by atoms with Crippen molar-refractivity contribution in [3.05, 3.63) is 11.3 Å². The van der Waals surface area contributed by atoms with Gasteiger partial charge in [0.1, 0.15) is 17.0 Å². The van der Waals surface area contributed by atoms with Crippen LogP contribution in [0.15, 0.2) is 11.3 Å². The Hall–Kier alpha value is -1.67. The van der Waals surface area contributed by atoms with Gasteiger partial charge in [0.2, 0.25) is 0 Å². The summed E-state index contributed by atoms with van der Waals surface area (Å²) in [5.74, 6) is -2.24. The maximum absolute atomic E-state index is 12.8. The second kappa shape index (κ2) is 5.54. The SMILES string of the molecule is CC(C)(C)N/C(=C(\C(=N)C(F)F)C(=O)O)C(F)(F)F. The van der Waals surface area contributed by atoms with Gasteiger partial charge in [0.25, 0.3) is 6.43 Å². The van der Waals surface area contributed by atoms with Gasteiger partial charge in [-0.3, -0.25) is 5.41 Å². The van der Waals surface area contributed by atoms with Gasteiger partial charge in [0.15, 0.2) is 0 Å². The lowest BCUT2D eigenvalue weighted by molar-refractivity contribution is -0.134. The number of carboxylic acid groups (broad SMARTS) is 1. The van der Waals surface area contributed by atoms with Crippen molar-refractivity contribution in [2.75, 3.05) is 0 Å². The molecule has 0 aromatic heterocycles. The molecule has 0 rings (SSSR count). The van der Waals surface area contributed by atoms with E-state index in [1.165, 1.54) is 20.8 Å². The van der Waals surface area contributed by atoms with E-state index in [1.807, 2.05) is 5.32 Å². The third kappa shape index (κ3) is 5.23. The van der Waals surface area contributed by atoms with Crippen LogP contribution in [0.2, 0.25) is 0 Å². The predicted molar refractivity (Wildman–Crippen MR) is 57.3 cm³/mol. The Morgan fingerprint density at radius 3 is 1.84 bits per heavy atom. The molecular weight excluding hydrogens is 275 g/mol. The first-order chi connectivity index (χ1) is 8.27. The van der Waals surface area contributed by atoms with Gasteiger partial charge in [-0.2, -0.15) is 13.2 Å². The van der Waals surface area contributed by atoms with Crippen molar-refractivity contribution < 1.29 is 31.9 Å². The fourth-order valence-corrected chi connectivity index (χ4v) is 1.12. The van der Waals surface area contributed by atoms with Crippen molar-refractivity contribution in [1.29, 1.82) is 5.41 Å². The Kier molecular flexibility index (Phi) is 5.05. The smallest absolute Gasteiger partial charge is 0.431 e. The van der Waals surface area contributed by atoms with Crippen LogP contribution < -0.4 is 5.32 Å². The average Bonchev–Trinajstić information content (AvgIpc) is 2.12. The molecule has 3 N–H and O–H groups in total. The molecule has 0 aliphatic carbocycles. The lowest BCUT2D eigenvalue weighted by atomic mass is 10.0. The van der Waals surface area contributed by atoms with Crippen LogP contribution in [0.4, 0.5) is 22.0 Å². The number of carbonyl (C=O) groups is 1. The van der Waals surface area contributed by atoms with Crippen LogP contribution in [0, 0.1) is 5.41 Å². The van der Waals surface area contributed by atoms with Gasteiger partial charge < -0.3 is 10.4 Å². The van der Waals surface area contributed by atoms with E-state index in [2.05, 4.69) is 0 Å². The lowest BCUT2D eigenvalue weighted by Gasteiger charge is -2.27. The minimum absolute atomic E-state index is 1.21. The molecule has 0 bridgehead atoms. The van der Waals surface area contributed by atoms with Crippen LogP contribution >= 0.6 is 0 Å². The Labute approximate surface area is 105 Å². The Bertz CT molecular complexity index is 407. The quantitative estimate of drug-likeness (QED) is 0.423. The van der Waals surface area contributed by atoms with Crippen molar-refractivity contribution in [3.63, 3.8) is 0 Å². The van der Waals surface area contributed by atoms with Crippen molar-refractivity contribution in [2.45, 2.75) is 38.9 Å². The van der Waals surface area contributed by atoms with Gasteiger partial charge in [-0.1, -0.05) is 0 Å². The summed E-state index contributed by atoms with van der Waals surface area (Å²) in [4.78, 5) is 10.7. The highest BCUT2D eigenvalue weighted by Gasteiger charge is 2.42. The maximum atomic E-state index is 12.8. The van der Waals surface area contributed by atoms with Crippen molar-refractivity contribution >= 4 is 11.7 Å². The topological polar surface area (TPSA) is 73.2 Å². The molecule has 110 valence electrons. The van der Waals surface area contributed by atoms with Crippen LogP contribution in [0.1, 0.15) is 20.8 Å². The monoisotopic (exact) mass is 288 g/mol. The van der Waals surface area contributed by atoms with E-state index in [0.717, 1.165) is 0 Å². The molecule has 0 spiro atoms. The zero-order chi connectivity index (χ0) is 15.6. The maximum Gasteiger partial charge on any atom is 0.431 e. The highest BCUT2D eigenvalue weighted by atomic mass is 19.4. The number of halogens is 5. The fourth-order valence-electron chi connectivity index (χ4n) is 1.12. The van der Waals surface area contributed by atoms with Gasteiger partial charge >= 0.3 is 12.1 Å². The number of hydrogen-bond donors (Lipinski definition) is 3. The highest BCUT2D eigenvalue weighted by molar-refractivity contribution is 6.19. The number of hydrogen-bond acceptors (Lipinski definition) is 3. The van der Waals surface area contributed by atoms with Gasteiger partial charge in [-0.25, -0.2) is 13.6 Å².